The third-order valence-corrected chi connectivity index (χ3v) is 6.74. The summed E-state index contributed by atoms with van der Waals surface area (Å²) in [7, 11) is 0. The molecule has 1 aliphatic heterocycles. The number of hydrogen-bond acceptors (Lipinski definition) is 9. The number of aryl methyl sites for hydroxylation is 1. The number of nitrogens with one attached hydrogen (secondary N) is 4. The van der Waals surface area contributed by atoms with Crippen LogP contribution in [0.5, 0.6) is 0 Å². The number of carbonyl (C=O) groups is 2. The molecule has 0 saturated carbocycles. The van der Waals surface area contributed by atoms with Crippen LogP contribution in [0.15, 0.2) is 58.7 Å². The number of nitrogens with zero attached hydrogens (tertiary/aromatic N) is 5. The fourth-order valence-corrected chi connectivity index (χ4v) is 4.79. The van der Waals surface area contributed by atoms with E-state index in [1.807, 2.05) is 60.5 Å². The number of fused-ring (bicyclic) bond motifs is 1. The van der Waals surface area contributed by atoms with Gasteiger partial charge in [-0.15, -0.1) is 5.10 Å². The molecule has 0 aliphatic carbocycles. The summed E-state index contributed by atoms with van der Waals surface area (Å²) in [6.45, 7) is 4.95. The van der Waals surface area contributed by atoms with Crippen LogP contribution in [0, 0.1) is 6.92 Å². The summed E-state index contributed by atoms with van der Waals surface area (Å²) >= 11 is 1.42. The maximum atomic E-state index is 14.0. The lowest BCUT2D eigenvalue weighted by atomic mass is 10.1. The highest BCUT2D eigenvalue weighted by molar-refractivity contribution is 7.99. The summed E-state index contributed by atoms with van der Waals surface area (Å²) in [6.07, 6.45) is 2.88. The fourth-order valence-electron chi connectivity index (χ4n) is 4.04. The van der Waals surface area contributed by atoms with Crippen molar-refractivity contribution in [1.82, 2.24) is 35.0 Å². The minimum absolute atomic E-state index is 0.0126. The van der Waals surface area contributed by atoms with Gasteiger partial charge in [-0.2, -0.15) is 5.10 Å². The lowest BCUT2D eigenvalue weighted by Gasteiger charge is -2.16. The summed E-state index contributed by atoms with van der Waals surface area (Å²) in [4.78, 5) is 29.1. The maximum absolute atomic E-state index is 14.0. The Balaban J connectivity index is 0.000000557. The molecule has 12 nitrogen and oxygen atoms in total. The molecule has 4 heterocycles. The molecule has 0 bridgehead atoms. The third kappa shape index (κ3) is 8.24. The standard InChI is InChI=1S/C23H25FN8OS.C3H7NO2/c1-15-12-19(29-28-15)26-21-18-4-3-10-32(18)30-22(27-21)34-17-7-5-16(6-8-17)25-20(33)13-31-11-9-23(2,24)14-31;5-2-1-4-3-6/h3-8,10,12H,9,11,13-14H2,1-2H3,(H,25,33)(H2,26,27,28,29,30);3,5H,1-2H2,(H,4,6). The van der Waals surface area contributed by atoms with E-state index in [1.54, 1.807) is 11.4 Å². The molecule has 1 atom stereocenters. The van der Waals surface area contributed by atoms with E-state index in [1.165, 1.54) is 11.8 Å². The van der Waals surface area contributed by atoms with E-state index in [0.717, 1.165) is 16.1 Å². The van der Waals surface area contributed by atoms with Crippen molar-refractivity contribution >= 4 is 46.9 Å². The van der Waals surface area contributed by atoms with Crippen LogP contribution in [0.2, 0.25) is 0 Å². The topological polar surface area (TPSA) is 153 Å². The Hall–Kier alpha value is -4.01. The first kappa shape index (κ1) is 29.0. The first-order valence-electron chi connectivity index (χ1n) is 12.7. The van der Waals surface area contributed by atoms with Gasteiger partial charge in [0.05, 0.1) is 13.2 Å². The molecule has 212 valence electrons. The van der Waals surface area contributed by atoms with Crippen molar-refractivity contribution in [2.24, 2.45) is 0 Å². The van der Waals surface area contributed by atoms with Crippen LogP contribution < -0.4 is 16.0 Å². The lowest BCUT2D eigenvalue weighted by molar-refractivity contribution is -0.117. The van der Waals surface area contributed by atoms with E-state index in [-0.39, 0.29) is 19.1 Å². The van der Waals surface area contributed by atoms with Crippen molar-refractivity contribution in [2.75, 3.05) is 43.4 Å². The Bertz CT molecular complexity index is 1420. The van der Waals surface area contributed by atoms with E-state index < -0.39 is 5.67 Å². The number of aromatic amines is 1. The minimum Gasteiger partial charge on any atom is -0.395 e. The molecule has 3 aromatic heterocycles. The van der Waals surface area contributed by atoms with Crippen molar-refractivity contribution < 1.29 is 19.1 Å². The van der Waals surface area contributed by atoms with Crippen LogP contribution in [0.3, 0.4) is 0 Å². The van der Waals surface area contributed by atoms with Gasteiger partial charge < -0.3 is 21.1 Å². The highest BCUT2D eigenvalue weighted by Crippen LogP contribution is 2.29. The number of carbonyl (C=O) groups excluding carboxylic acids is 2. The zero-order valence-electron chi connectivity index (χ0n) is 22.2. The Labute approximate surface area is 234 Å². The van der Waals surface area contributed by atoms with Crippen molar-refractivity contribution in [1.29, 1.82) is 0 Å². The number of rotatable bonds is 10. The number of alkyl halides is 1. The molecule has 1 aromatic carbocycles. The first-order chi connectivity index (χ1) is 19.2. The number of hydrogen-bond donors (Lipinski definition) is 5. The maximum Gasteiger partial charge on any atom is 0.238 e. The summed E-state index contributed by atoms with van der Waals surface area (Å²) in [5.74, 6) is 1.19. The molecule has 4 aromatic rings. The van der Waals surface area contributed by atoms with Gasteiger partial charge >= 0.3 is 0 Å². The van der Waals surface area contributed by atoms with E-state index in [0.29, 0.717) is 54.9 Å². The second-order valence-electron chi connectivity index (χ2n) is 9.49. The van der Waals surface area contributed by atoms with Gasteiger partial charge in [-0.25, -0.2) is 13.9 Å². The second kappa shape index (κ2) is 13.4. The summed E-state index contributed by atoms with van der Waals surface area (Å²) < 4.78 is 15.7. The monoisotopic (exact) mass is 569 g/mol. The smallest absolute Gasteiger partial charge is 0.238 e. The van der Waals surface area contributed by atoms with E-state index >= 15 is 0 Å². The van der Waals surface area contributed by atoms with Crippen molar-refractivity contribution in [3.63, 3.8) is 0 Å². The first-order valence-corrected chi connectivity index (χ1v) is 13.5. The zero-order valence-corrected chi connectivity index (χ0v) is 23.0. The average Bonchev–Trinajstić information content (AvgIpc) is 3.64. The number of anilines is 3. The number of amides is 2. The van der Waals surface area contributed by atoms with E-state index in [2.05, 4.69) is 36.2 Å². The molecule has 5 N–H and O–H groups in total. The van der Waals surface area contributed by atoms with Gasteiger partial charge in [-0.05, 0) is 68.4 Å². The summed E-state index contributed by atoms with van der Waals surface area (Å²) in [5, 5.41) is 28.6. The molecule has 5 rings (SSSR count). The van der Waals surface area contributed by atoms with Gasteiger partial charge in [-0.1, -0.05) is 0 Å². The van der Waals surface area contributed by atoms with Gasteiger partial charge in [0, 0.05) is 48.2 Å². The molecule has 0 spiro atoms. The fraction of sp³-hybridized carbons (Fsp3) is 0.346. The number of aliphatic hydroxyl groups is 1. The highest BCUT2D eigenvalue weighted by Gasteiger charge is 2.34. The molecule has 0 radical (unpaired) electrons. The SMILES string of the molecule is Cc1cc(Nc2nc(Sc3ccc(NC(=O)CN4CCC(C)(F)C4)cc3)nn3cccc23)n[nH]1.O=CNCCO. The number of H-pyrrole nitrogens is 1. The largest absolute Gasteiger partial charge is 0.395 e. The predicted octanol–water partition coefficient (Wildman–Crippen LogP) is 2.75. The quantitative estimate of drug-likeness (QED) is 0.143. The van der Waals surface area contributed by atoms with Crippen molar-refractivity contribution in [3.8, 4) is 0 Å². The van der Waals surface area contributed by atoms with Crippen molar-refractivity contribution in [3.05, 3.63) is 54.4 Å². The molecule has 1 unspecified atom stereocenters. The molecule has 1 aliphatic rings. The Morgan fingerprint density at radius 1 is 1.30 bits per heavy atom. The number of benzene rings is 1. The second-order valence-corrected chi connectivity index (χ2v) is 10.5. The molecule has 40 heavy (non-hydrogen) atoms. The number of aliphatic hydroxyl groups excluding tert-OH is 1. The van der Waals surface area contributed by atoms with Crippen LogP contribution in [0.25, 0.3) is 5.52 Å². The van der Waals surface area contributed by atoms with Gasteiger partial charge in [0.15, 0.2) is 11.6 Å². The number of aromatic nitrogens is 5. The van der Waals surface area contributed by atoms with E-state index in [9.17, 15) is 14.0 Å². The van der Waals surface area contributed by atoms with Crippen LogP contribution in [0.1, 0.15) is 19.0 Å². The normalized spacial score (nSPS) is 16.8. The molecular weight excluding hydrogens is 537 g/mol. The number of halogens is 1. The van der Waals surface area contributed by atoms with Crippen LogP contribution in [-0.2, 0) is 9.59 Å². The minimum atomic E-state index is -1.21. The number of likely N-dealkylation sites (tertiary alicyclic amines) is 1. The van der Waals surface area contributed by atoms with Crippen LogP contribution in [-0.4, -0.2) is 85.6 Å². The molecule has 1 saturated heterocycles. The third-order valence-electron chi connectivity index (χ3n) is 5.88. The Morgan fingerprint density at radius 3 is 2.73 bits per heavy atom. The molecule has 2 amide bonds. The van der Waals surface area contributed by atoms with Gasteiger partial charge in [-0.3, -0.25) is 19.6 Å². The van der Waals surface area contributed by atoms with Gasteiger partial charge in [0.2, 0.25) is 17.5 Å². The van der Waals surface area contributed by atoms with Gasteiger partial charge in [0.25, 0.3) is 0 Å². The highest BCUT2D eigenvalue weighted by atomic mass is 32.2. The summed E-state index contributed by atoms with van der Waals surface area (Å²) in [5.41, 5.74) is 1.27. The predicted molar refractivity (Wildman–Crippen MR) is 151 cm³/mol. The van der Waals surface area contributed by atoms with Gasteiger partial charge in [0.1, 0.15) is 11.2 Å². The molecular formula is C26H32FN9O3S. The Morgan fingerprint density at radius 2 is 2.10 bits per heavy atom. The lowest BCUT2D eigenvalue weighted by Crippen LogP contribution is -2.33. The van der Waals surface area contributed by atoms with Crippen LogP contribution >= 0.6 is 11.8 Å². The molecule has 14 heteroatoms. The zero-order chi connectivity index (χ0) is 28.5. The average molecular weight is 570 g/mol. The van der Waals surface area contributed by atoms with E-state index in [4.69, 9.17) is 5.11 Å². The summed E-state index contributed by atoms with van der Waals surface area (Å²) in [6, 6.07) is 13.2. The van der Waals surface area contributed by atoms with Crippen molar-refractivity contribution in [2.45, 2.75) is 36.0 Å². The Kier molecular flexibility index (Phi) is 9.69. The molecule has 1 fully saturated rings. The van der Waals surface area contributed by atoms with Crippen LogP contribution in [0.4, 0.5) is 21.7 Å².